The number of thioether (sulfide) groups is 1. The van der Waals surface area contributed by atoms with Crippen LogP contribution in [-0.2, 0) is 0 Å². The van der Waals surface area contributed by atoms with Gasteiger partial charge in [0.25, 0.3) is 0 Å². The highest BCUT2D eigenvalue weighted by atomic mass is 35.5. The lowest BCUT2D eigenvalue weighted by molar-refractivity contribution is 0.105. The number of halogens is 1. The van der Waals surface area contributed by atoms with Crippen molar-refractivity contribution >= 4 is 23.4 Å². The molecule has 0 bridgehead atoms. The predicted octanol–water partition coefficient (Wildman–Crippen LogP) is 3.12. The van der Waals surface area contributed by atoms with Gasteiger partial charge in [0, 0.05) is 23.4 Å². The summed E-state index contributed by atoms with van der Waals surface area (Å²) in [5.74, 6) is 2.91. The van der Waals surface area contributed by atoms with Crippen LogP contribution < -0.4 is 10.1 Å². The molecule has 0 aliphatic carbocycles. The van der Waals surface area contributed by atoms with Gasteiger partial charge >= 0.3 is 0 Å². The maximum atomic E-state index is 9.89. The number of hydrogen-bond acceptors (Lipinski definition) is 4. The summed E-state index contributed by atoms with van der Waals surface area (Å²) in [5, 5.41) is 13.9. The average Bonchev–Trinajstić information content (AvgIpc) is 2.44. The van der Waals surface area contributed by atoms with E-state index in [2.05, 4.69) is 19.2 Å². The average molecular weight is 318 g/mol. The second kappa shape index (κ2) is 9.50. The van der Waals surface area contributed by atoms with Crippen LogP contribution in [0.4, 0.5) is 0 Å². The highest BCUT2D eigenvalue weighted by molar-refractivity contribution is 7.99. The van der Waals surface area contributed by atoms with E-state index >= 15 is 0 Å². The van der Waals surface area contributed by atoms with Gasteiger partial charge in [0.1, 0.15) is 18.5 Å². The quantitative estimate of drug-likeness (QED) is 0.734. The molecule has 1 aromatic rings. The molecule has 0 fully saturated rings. The number of aliphatic hydroxyl groups is 1. The topological polar surface area (TPSA) is 41.5 Å². The fourth-order valence-electron chi connectivity index (χ4n) is 1.65. The molecule has 0 aliphatic heterocycles. The second-order valence-electron chi connectivity index (χ2n) is 4.84. The number of ether oxygens (including phenoxy) is 1. The van der Waals surface area contributed by atoms with Gasteiger partial charge in [-0.15, -0.1) is 0 Å². The second-order valence-corrected chi connectivity index (χ2v) is 6.57. The highest BCUT2D eigenvalue weighted by Crippen LogP contribution is 2.21. The van der Waals surface area contributed by atoms with Crippen molar-refractivity contribution in [2.75, 3.05) is 24.7 Å². The largest absolute Gasteiger partial charge is 0.491 e. The molecule has 5 heteroatoms. The molecule has 0 spiro atoms. The molecule has 3 nitrogen and oxygen atoms in total. The van der Waals surface area contributed by atoms with Crippen molar-refractivity contribution in [1.29, 1.82) is 0 Å². The van der Waals surface area contributed by atoms with Crippen molar-refractivity contribution < 1.29 is 9.84 Å². The first-order valence-corrected chi connectivity index (χ1v) is 8.44. The fraction of sp³-hybridized carbons (Fsp3) is 0.600. The minimum absolute atomic E-state index is 0.279. The van der Waals surface area contributed by atoms with Gasteiger partial charge in [-0.2, -0.15) is 11.8 Å². The van der Waals surface area contributed by atoms with Crippen LogP contribution in [0, 0.1) is 6.92 Å². The Hall–Kier alpha value is -0.420. The maximum Gasteiger partial charge on any atom is 0.119 e. The lowest BCUT2D eigenvalue weighted by atomic mass is 10.2. The first-order valence-electron chi connectivity index (χ1n) is 6.91. The maximum absolute atomic E-state index is 9.89. The predicted molar refractivity (Wildman–Crippen MR) is 88.2 cm³/mol. The number of rotatable bonds is 9. The molecule has 114 valence electrons. The Balaban J connectivity index is 2.25. The minimum atomic E-state index is -0.514. The molecule has 0 radical (unpaired) electrons. The van der Waals surface area contributed by atoms with Gasteiger partial charge in [0.15, 0.2) is 0 Å². The van der Waals surface area contributed by atoms with Crippen LogP contribution in [-0.4, -0.2) is 41.9 Å². The Bertz CT molecular complexity index is 403. The molecule has 0 aliphatic rings. The normalized spacial score (nSPS) is 14.1. The zero-order valence-corrected chi connectivity index (χ0v) is 13.9. The van der Waals surface area contributed by atoms with Crippen LogP contribution in [0.5, 0.6) is 5.75 Å². The van der Waals surface area contributed by atoms with Crippen molar-refractivity contribution in [2.45, 2.75) is 32.9 Å². The van der Waals surface area contributed by atoms with E-state index in [-0.39, 0.29) is 6.61 Å². The molecule has 0 saturated carbocycles. The van der Waals surface area contributed by atoms with Crippen LogP contribution in [0.3, 0.4) is 0 Å². The molecular weight excluding hydrogens is 294 g/mol. The fourth-order valence-corrected chi connectivity index (χ4v) is 2.47. The van der Waals surface area contributed by atoms with E-state index in [4.69, 9.17) is 16.3 Å². The van der Waals surface area contributed by atoms with Crippen LogP contribution >= 0.6 is 23.4 Å². The van der Waals surface area contributed by atoms with Crippen molar-refractivity contribution in [3.8, 4) is 5.75 Å². The summed E-state index contributed by atoms with van der Waals surface area (Å²) in [6.07, 6.45) is -0.514. The van der Waals surface area contributed by atoms with Gasteiger partial charge in [-0.1, -0.05) is 18.5 Å². The molecule has 0 saturated heterocycles. The van der Waals surface area contributed by atoms with Crippen molar-refractivity contribution in [2.24, 2.45) is 0 Å². The van der Waals surface area contributed by atoms with Gasteiger partial charge in [-0.3, -0.25) is 0 Å². The Morgan fingerprint density at radius 2 is 2.20 bits per heavy atom. The Kier molecular flexibility index (Phi) is 8.38. The molecule has 20 heavy (non-hydrogen) atoms. The molecule has 2 unspecified atom stereocenters. The van der Waals surface area contributed by atoms with Crippen molar-refractivity contribution in [3.63, 3.8) is 0 Å². The highest BCUT2D eigenvalue weighted by Gasteiger charge is 2.08. The molecule has 1 aromatic carbocycles. The summed E-state index contributed by atoms with van der Waals surface area (Å²) in [7, 11) is 0. The summed E-state index contributed by atoms with van der Waals surface area (Å²) in [4.78, 5) is 0. The Labute approximate surface area is 131 Å². The zero-order valence-electron chi connectivity index (χ0n) is 12.4. The van der Waals surface area contributed by atoms with E-state index in [1.165, 1.54) is 0 Å². The molecule has 2 atom stereocenters. The van der Waals surface area contributed by atoms with Gasteiger partial charge < -0.3 is 15.2 Å². The zero-order chi connectivity index (χ0) is 15.0. The molecule has 2 N–H and O–H groups in total. The van der Waals surface area contributed by atoms with Crippen LogP contribution in [0.2, 0.25) is 5.02 Å². The molecule has 0 aromatic heterocycles. The van der Waals surface area contributed by atoms with Crippen molar-refractivity contribution in [3.05, 3.63) is 28.8 Å². The monoisotopic (exact) mass is 317 g/mol. The Morgan fingerprint density at radius 1 is 1.45 bits per heavy atom. The van der Waals surface area contributed by atoms with E-state index in [0.29, 0.717) is 12.6 Å². The first-order chi connectivity index (χ1) is 9.52. The first kappa shape index (κ1) is 17.6. The van der Waals surface area contributed by atoms with Crippen LogP contribution in [0.25, 0.3) is 0 Å². The summed E-state index contributed by atoms with van der Waals surface area (Å²) < 4.78 is 5.56. The number of nitrogens with one attached hydrogen (secondary N) is 1. The SMILES string of the molecule is CCSCC(C)NCC(O)COc1ccc(Cl)c(C)c1. The lowest BCUT2D eigenvalue weighted by Crippen LogP contribution is -2.37. The van der Waals surface area contributed by atoms with E-state index in [0.717, 1.165) is 27.8 Å². The molecular formula is C15H24ClNO2S. The van der Waals surface area contributed by atoms with Gasteiger partial charge in [-0.25, -0.2) is 0 Å². The summed E-state index contributed by atoms with van der Waals surface area (Å²) >= 11 is 7.85. The van der Waals surface area contributed by atoms with Gasteiger partial charge in [0.2, 0.25) is 0 Å². The lowest BCUT2D eigenvalue weighted by Gasteiger charge is -2.17. The third kappa shape index (κ3) is 6.84. The van der Waals surface area contributed by atoms with Crippen LogP contribution in [0.15, 0.2) is 18.2 Å². The number of aliphatic hydroxyl groups excluding tert-OH is 1. The smallest absolute Gasteiger partial charge is 0.119 e. The standard InChI is InChI=1S/C15H24ClNO2S/c1-4-20-10-12(3)17-8-13(18)9-19-14-5-6-15(16)11(2)7-14/h5-7,12-13,17-18H,4,8-10H2,1-3H3. The number of benzene rings is 1. The molecule has 1 rings (SSSR count). The minimum Gasteiger partial charge on any atom is -0.491 e. The summed E-state index contributed by atoms with van der Waals surface area (Å²) in [6.45, 7) is 7.02. The van der Waals surface area contributed by atoms with Crippen LogP contribution in [0.1, 0.15) is 19.4 Å². The van der Waals surface area contributed by atoms with E-state index in [1.807, 2.05) is 30.8 Å². The van der Waals surface area contributed by atoms with E-state index in [9.17, 15) is 5.11 Å². The molecule has 0 amide bonds. The van der Waals surface area contributed by atoms with E-state index < -0.39 is 6.10 Å². The summed E-state index contributed by atoms with van der Waals surface area (Å²) in [5.41, 5.74) is 0.974. The Morgan fingerprint density at radius 3 is 2.85 bits per heavy atom. The van der Waals surface area contributed by atoms with E-state index in [1.54, 1.807) is 6.07 Å². The third-order valence-corrected chi connectivity index (χ3v) is 4.41. The summed E-state index contributed by atoms with van der Waals surface area (Å²) in [6, 6.07) is 5.90. The molecule has 0 heterocycles. The number of aryl methyl sites for hydroxylation is 1. The van der Waals surface area contributed by atoms with Crippen molar-refractivity contribution in [1.82, 2.24) is 5.32 Å². The van der Waals surface area contributed by atoms with Gasteiger partial charge in [0.05, 0.1) is 0 Å². The van der Waals surface area contributed by atoms with Gasteiger partial charge in [-0.05, 0) is 43.4 Å². The third-order valence-electron chi connectivity index (χ3n) is 2.85. The number of hydrogen-bond donors (Lipinski definition) is 2.